The second-order valence-corrected chi connectivity index (χ2v) is 16.5. The summed E-state index contributed by atoms with van der Waals surface area (Å²) in [6.07, 6.45) is 0. The van der Waals surface area contributed by atoms with E-state index >= 15 is 0 Å². The molecule has 11 aromatic rings. The number of fused-ring (bicyclic) bond motifs is 10. The third kappa shape index (κ3) is 5.06. The van der Waals surface area contributed by atoms with E-state index in [0.717, 1.165) is 11.4 Å². The fourth-order valence-corrected chi connectivity index (χ4v) is 10.2. The van der Waals surface area contributed by atoms with Gasteiger partial charge in [-0.05, 0) is 116 Å². The SMILES string of the molecule is CC1(C)c2ccccc2-c2ccc3c(c21)c1cc(-c2ccc4c(c2)c2ccccc2n4-c2cccc(-c4ccccc4)c2)ccc1n3-c1cccc(-c2ccccc2)c1. The molecule has 2 heteroatoms. The predicted octanol–water partition coefficient (Wildman–Crippen LogP) is 15.2. The summed E-state index contributed by atoms with van der Waals surface area (Å²) in [6.45, 7) is 4.80. The van der Waals surface area contributed by atoms with Crippen LogP contribution in [0.4, 0.5) is 0 Å². The van der Waals surface area contributed by atoms with Crippen molar-refractivity contribution in [3.05, 3.63) is 217 Å². The molecule has 0 spiro atoms. The Hall–Kier alpha value is -7.42. The molecule has 0 N–H and O–H groups in total. The zero-order valence-electron chi connectivity index (χ0n) is 33.0. The van der Waals surface area contributed by atoms with Crippen LogP contribution >= 0.6 is 0 Å². The molecule has 1 aliphatic carbocycles. The van der Waals surface area contributed by atoms with Gasteiger partial charge in [-0.15, -0.1) is 0 Å². The first kappa shape index (κ1) is 33.7. The molecule has 1 aliphatic rings. The lowest BCUT2D eigenvalue weighted by atomic mass is 9.80. The largest absolute Gasteiger partial charge is 0.309 e. The van der Waals surface area contributed by atoms with Gasteiger partial charge in [-0.1, -0.05) is 159 Å². The smallest absolute Gasteiger partial charge is 0.0544 e. The number of hydrogen-bond acceptors (Lipinski definition) is 0. The summed E-state index contributed by atoms with van der Waals surface area (Å²) < 4.78 is 4.91. The Kier molecular flexibility index (Phi) is 7.31. The molecule has 0 amide bonds. The summed E-state index contributed by atoms with van der Waals surface area (Å²) >= 11 is 0. The fraction of sp³-hybridized carbons (Fsp3) is 0.0526. The van der Waals surface area contributed by atoms with Crippen LogP contribution in [-0.4, -0.2) is 9.13 Å². The summed E-state index contributed by atoms with van der Waals surface area (Å²) in [5.74, 6) is 0. The van der Waals surface area contributed by atoms with E-state index in [1.165, 1.54) is 99.2 Å². The summed E-state index contributed by atoms with van der Waals surface area (Å²) in [5.41, 5.74) is 19.8. The minimum absolute atomic E-state index is 0.162. The van der Waals surface area contributed by atoms with Crippen molar-refractivity contribution < 1.29 is 0 Å². The standard InChI is InChI=1S/C57H40N2/c1-57(2)50-25-11-9-23-45(50)47-29-32-54-55(56(47)57)49-36-42(28-31-53(49)59(54)44-22-14-20-40(34-44)38-17-7-4-8-18-38)41-27-30-52-48(35-41)46-24-10-12-26-51(46)58(52)43-21-13-19-39(33-43)37-15-5-3-6-16-37/h3-36H,1-2H3. The van der Waals surface area contributed by atoms with Crippen molar-refractivity contribution in [1.82, 2.24) is 9.13 Å². The molecule has 0 atom stereocenters. The van der Waals surface area contributed by atoms with Gasteiger partial charge in [0.25, 0.3) is 0 Å². The molecular weight excluding hydrogens is 713 g/mol. The minimum atomic E-state index is -0.162. The monoisotopic (exact) mass is 752 g/mol. The third-order valence-corrected chi connectivity index (χ3v) is 12.9. The molecule has 0 aliphatic heterocycles. The van der Waals surface area contributed by atoms with Gasteiger partial charge in [-0.3, -0.25) is 0 Å². The lowest BCUT2D eigenvalue weighted by Crippen LogP contribution is -2.15. The van der Waals surface area contributed by atoms with Gasteiger partial charge in [-0.2, -0.15) is 0 Å². The highest BCUT2D eigenvalue weighted by molar-refractivity contribution is 6.16. The van der Waals surface area contributed by atoms with Crippen molar-refractivity contribution in [3.63, 3.8) is 0 Å². The zero-order valence-corrected chi connectivity index (χ0v) is 33.0. The van der Waals surface area contributed by atoms with Crippen LogP contribution in [0.5, 0.6) is 0 Å². The van der Waals surface area contributed by atoms with Crippen LogP contribution in [0.2, 0.25) is 0 Å². The zero-order chi connectivity index (χ0) is 39.2. The van der Waals surface area contributed by atoms with Gasteiger partial charge < -0.3 is 9.13 Å². The first-order valence-electron chi connectivity index (χ1n) is 20.6. The Morgan fingerprint density at radius 3 is 1.49 bits per heavy atom. The highest BCUT2D eigenvalue weighted by atomic mass is 15.0. The van der Waals surface area contributed by atoms with E-state index in [1.54, 1.807) is 0 Å². The summed E-state index contributed by atoms with van der Waals surface area (Å²) in [5, 5.41) is 5.12. The number of nitrogens with zero attached hydrogens (tertiary/aromatic N) is 2. The molecule has 0 unspecified atom stereocenters. The lowest BCUT2D eigenvalue weighted by molar-refractivity contribution is 0.666. The molecular formula is C57H40N2. The Balaban J connectivity index is 1.08. The van der Waals surface area contributed by atoms with Gasteiger partial charge in [0.1, 0.15) is 0 Å². The minimum Gasteiger partial charge on any atom is -0.309 e. The van der Waals surface area contributed by atoms with Gasteiger partial charge in [0.2, 0.25) is 0 Å². The van der Waals surface area contributed by atoms with Crippen molar-refractivity contribution in [2.24, 2.45) is 0 Å². The Labute approximate surface area is 343 Å². The molecule has 0 fully saturated rings. The summed E-state index contributed by atoms with van der Waals surface area (Å²) in [4.78, 5) is 0. The van der Waals surface area contributed by atoms with Crippen molar-refractivity contribution >= 4 is 43.6 Å². The van der Waals surface area contributed by atoms with Crippen molar-refractivity contribution in [3.8, 4) is 55.9 Å². The van der Waals surface area contributed by atoms with Gasteiger partial charge in [0, 0.05) is 38.3 Å². The second-order valence-electron chi connectivity index (χ2n) is 16.5. The van der Waals surface area contributed by atoms with E-state index in [2.05, 4.69) is 229 Å². The molecule has 0 saturated heterocycles. The van der Waals surface area contributed by atoms with Crippen molar-refractivity contribution in [1.29, 1.82) is 0 Å². The maximum absolute atomic E-state index is 2.49. The highest BCUT2D eigenvalue weighted by Gasteiger charge is 2.38. The quantitative estimate of drug-likeness (QED) is 0.166. The maximum Gasteiger partial charge on any atom is 0.0544 e. The molecule has 278 valence electrons. The maximum atomic E-state index is 2.49. The highest BCUT2D eigenvalue weighted by Crippen LogP contribution is 2.53. The van der Waals surface area contributed by atoms with E-state index < -0.39 is 0 Å². The average Bonchev–Trinajstić information content (AvgIpc) is 3.89. The van der Waals surface area contributed by atoms with Crippen molar-refractivity contribution in [2.75, 3.05) is 0 Å². The molecule has 2 heterocycles. The van der Waals surface area contributed by atoms with Crippen LogP contribution in [0, 0.1) is 0 Å². The molecule has 0 bridgehead atoms. The number of aromatic nitrogens is 2. The van der Waals surface area contributed by atoms with Crippen LogP contribution in [0.1, 0.15) is 25.0 Å². The topological polar surface area (TPSA) is 9.86 Å². The average molecular weight is 753 g/mol. The van der Waals surface area contributed by atoms with Gasteiger partial charge in [0.15, 0.2) is 0 Å². The van der Waals surface area contributed by atoms with Gasteiger partial charge in [-0.25, -0.2) is 0 Å². The second kappa shape index (κ2) is 12.8. The molecule has 9 aromatic carbocycles. The molecule has 0 saturated carbocycles. The fourth-order valence-electron chi connectivity index (χ4n) is 10.2. The third-order valence-electron chi connectivity index (χ3n) is 12.9. The van der Waals surface area contributed by atoms with E-state index in [0.29, 0.717) is 0 Å². The number of benzene rings is 9. The van der Waals surface area contributed by atoms with E-state index in [1.807, 2.05) is 0 Å². The van der Waals surface area contributed by atoms with Crippen molar-refractivity contribution in [2.45, 2.75) is 19.3 Å². The normalized spacial score (nSPS) is 13.1. The van der Waals surface area contributed by atoms with Crippen LogP contribution in [0.3, 0.4) is 0 Å². The first-order valence-corrected chi connectivity index (χ1v) is 20.6. The predicted molar refractivity (Wildman–Crippen MR) is 249 cm³/mol. The molecule has 2 nitrogen and oxygen atoms in total. The van der Waals surface area contributed by atoms with Gasteiger partial charge >= 0.3 is 0 Å². The summed E-state index contributed by atoms with van der Waals surface area (Å²) in [7, 11) is 0. The lowest BCUT2D eigenvalue weighted by Gasteiger charge is -2.22. The Bertz CT molecular complexity index is 3450. The molecule has 2 aromatic heterocycles. The molecule has 12 rings (SSSR count). The van der Waals surface area contributed by atoms with Crippen LogP contribution in [0.25, 0.3) is 99.5 Å². The van der Waals surface area contributed by atoms with E-state index in [9.17, 15) is 0 Å². The Morgan fingerprint density at radius 2 is 0.814 bits per heavy atom. The van der Waals surface area contributed by atoms with E-state index in [-0.39, 0.29) is 5.41 Å². The molecule has 0 radical (unpaired) electrons. The number of para-hydroxylation sites is 1. The number of rotatable bonds is 5. The van der Waals surface area contributed by atoms with Crippen LogP contribution < -0.4 is 0 Å². The number of hydrogen-bond donors (Lipinski definition) is 0. The summed E-state index contributed by atoms with van der Waals surface area (Å²) in [6, 6.07) is 76.0. The van der Waals surface area contributed by atoms with E-state index in [4.69, 9.17) is 0 Å². The first-order chi connectivity index (χ1) is 29.0. The molecule has 59 heavy (non-hydrogen) atoms. The van der Waals surface area contributed by atoms with Crippen LogP contribution in [0.15, 0.2) is 206 Å². The van der Waals surface area contributed by atoms with Crippen LogP contribution in [-0.2, 0) is 5.41 Å². The Morgan fingerprint density at radius 1 is 0.322 bits per heavy atom. The van der Waals surface area contributed by atoms with Gasteiger partial charge in [0.05, 0.1) is 22.1 Å².